The maximum atomic E-state index is 12.7. The lowest BCUT2D eigenvalue weighted by molar-refractivity contribution is -0.124. The largest absolute Gasteiger partial charge is 0.445 e. The van der Waals surface area contributed by atoms with Gasteiger partial charge in [0.05, 0.1) is 0 Å². The lowest BCUT2D eigenvalue weighted by atomic mass is 10.0. The average Bonchev–Trinajstić information content (AvgIpc) is 3.11. The summed E-state index contributed by atoms with van der Waals surface area (Å²) >= 11 is 0. The fraction of sp³-hybridized carbons (Fsp3) is 0.600. The van der Waals surface area contributed by atoms with Crippen molar-refractivity contribution < 1.29 is 28.7 Å². The Morgan fingerprint density at radius 3 is 1.08 bits per heavy atom. The normalized spacial score (nSPS) is 12.2. The highest BCUT2D eigenvalue weighted by molar-refractivity contribution is 5.86. The molecule has 0 aliphatic carbocycles. The number of rotatable bonds is 25. The molecule has 10 heteroatoms. The Balaban J connectivity index is 1.41. The number of amides is 4. The van der Waals surface area contributed by atoms with Gasteiger partial charge in [0.25, 0.3) is 0 Å². The van der Waals surface area contributed by atoms with Crippen molar-refractivity contribution in [3.8, 4) is 0 Å². The summed E-state index contributed by atoms with van der Waals surface area (Å²) in [4.78, 5) is 49.8. The van der Waals surface area contributed by atoms with Crippen LogP contribution in [-0.4, -0.2) is 49.2 Å². The van der Waals surface area contributed by atoms with E-state index in [0.717, 1.165) is 49.7 Å². The van der Waals surface area contributed by atoms with E-state index in [0.29, 0.717) is 13.1 Å². The number of hydrogen-bond acceptors (Lipinski definition) is 6. The van der Waals surface area contributed by atoms with Crippen LogP contribution in [0.25, 0.3) is 0 Å². The van der Waals surface area contributed by atoms with Crippen molar-refractivity contribution in [2.45, 2.75) is 130 Å². The van der Waals surface area contributed by atoms with Gasteiger partial charge in [0.15, 0.2) is 0 Å². The van der Waals surface area contributed by atoms with Crippen LogP contribution in [0.4, 0.5) is 9.59 Å². The molecule has 4 amide bonds. The number of alkyl carbamates (subject to hydrolysis) is 2. The van der Waals surface area contributed by atoms with Crippen molar-refractivity contribution in [1.82, 2.24) is 21.3 Å². The number of carbonyl (C=O) groups excluding carboxylic acids is 4. The van der Waals surface area contributed by atoms with Crippen LogP contribution in [0.5, 0.6) is 0 Å². The van der Waals surface area contributed by atoms with Gasteiger partial charge in [-0.05, 0) is 35.8 Å². The Bertz CT molecular complexity index is 1130. The molecule has 0 bridgehead atoms. The Morgan fingerprint density at radius 2 is 0.780 bits per heavy atom. The first kappa shape index (κ1) is 42.1. The predicted molar refractivity (Wildman–Crippen MR) is 198 cm³/mol. The number of benzene rings is 2. The Kier molecular flexibility index (Phi) is 21.7. The van der Waals surface area contributed by atoms with E-state index in [2.05, 4.69) is 21.3 Å². The van der Waals surface area contributed by atoms with E-state index in [-0.39, 0.29) is 36.9 Å². The lowest BCUT2D eigenvalue weighted by Gasteiger charge is -2.21. The molecule has 2 atom stereocenters. The molecule has 2 rings (SSSR count). The molecule has 10 nitrogen and oxygen atoms in total. The summed E-state index contributed by atoms with van der Waals surface area (Å²) in [6, 6.07) is 17.6. The fourth-order valence-electron chi connectivity index (χ4n) is 5.51. The first-order valence-electron chi connectivity index (χ1n) is 18.7. The molecule has 0 aromatic heterocycles. The molecule has 0 fully saturated rings. The van der Waals surface area contributed by atoms with Crippen LogP contribution in [0.2, 0.25) is 0 Å². The molecule has 50 heavy (non-hydrogen) atoms. The van der Waals surface area contributed by atoms with Gasteiger partial charge >= 0.3 is 12.2 Å². The van der Waals surface area contributed by atoms with Crippen LogP contribution in [0.15, 0.2) is 60.7 Å². The van der Waals surface area contributed by atoms with E-state index >= 15 is 0 Å². The van der Waals surface area contributed by atoms with E-state index < -0.39 is 24.3 Å². The number of nitrogens with one attached hydrogen (secondary N) is 4. The molecule has 4 N–H and O–H groups in total. The van der Waals surface area contributed by atoms with Crippen molar-refractivity contribution >= 4 is 24.0 Å². The highest BCUT2D eigenvalue weighted by Crippen LogP contribution is 2.12. The standard InChI is InChI=1S/C40H62N4O6/c1-31(2)35(43-39(47)49-29-33-23-17-15-18-24-33)37(45)41-27-21-13-11-9-7-5-6-8-10-12-14-22-28-42-38(46)36(32(3)4)44-40(48)50-30-34-25-19-16-20-26-34/h15-20,23-26,31-32,35-36H,5-14,21-22,27-30H2,1-4H3,(H,41,45)(H,42,46)(H,43,47)(H,44,48)/t35-,36-/m0/s1. The van der Waals surface area contributed by atoms with Gasteiger partial charge in [0.2, 0.25) is 11.8 Å². The minimum absolute atomic E-state index is 0.0523. The number of unbranched alkanes of at least 4 members (excludes halogenated alkanes) is 11. The minimum atomic E-state index is -0.631. The molecule has 2 aromatic rings. The van der Waals surface area contributed by atoms with Crippen molar-refractivity contribution in [1.29, 1.82) is 0 Å². The van der Waals surface area contributed by atoms with Crippen molar-refractivity contribution in [2.24, 2.45) is 11.8 Å². The molecular formula is C40H62N4O6. The van der Waals surface area contributed by atoms with Crippen LogP contribution in [0.1, 0.15) is 116 Å². The van der Waals surface area contributed by atoms with Gasteiger partial charge in [0, 0.05) is 13.1 Å². The third-order valence-electron chi connectivity index (χ3n) is 8.57. The maximum Gasteiger partial charge on any atom is 0.408 e. The van der Waals surface area contributed by atoms with E-state index in [1.807, 2.05) is 88.4 Å². The highest BCUT2D eigenvalue weighted by atomic mass is 16.6. The summed E-state index contributed by atoms with van der Waals surface area (Å²) in [5, 5.41) is 11.4. The van der Waals surface area contributed by atoms with Crippen molar-refractivity contribution in [3.05, 3.63) is 71.8 Å². The molecule has 0 saturated carbocycles. The zero-order valence-corrected chi connectivity index (χ0v) is 30.8. The molecule has 0 heterocycles. The molecule has 0 saturated heterocycles. The van der Waals surface area contributed by atoms with Crippen LogP contribution in [-0.2, 0) is 32.3 Å². The summed E-state index contributed by atoms with van der Waals surface area (Å²) < 4.78 is 10.6. The third kappa shape index (κ3) is 19.2. The molecular weight excluding hydrogens is 632 g/mol. The van der Waals surface area contributed by atoms with Crippen molar-refractivity contribution in [2.75, 3.05) is 13.1 Å². The van der Waals surface area contributed by atoms with E-state index in [9.17, 15) is 19.2 Å². The summed E-state index contributed by atoms with van der Waals surface area (Å²) in [6.07, 6.45) is 12.5. The second kappa shape index (κ2) is 25.8. The molecule has 0 radical (unpaired) electrons. The number of ether oxygens (including phenoxy) is 2. The zero-order chi connectivity index (χ0) is 36.4. The van der Waals surface area contributed by atoms with Crippen LogP contribution in [0, 0.1) is 11.8 Å². The monoisotopic (exact) mass is 694 g/mol. The van der Waals surface area contributed by atoms with Crippen LogP contribution < -0.4 is 21.3 Å². The lowest BCUT2D eigenvalue weighted by Crippen LogP contribution is -2.50. The summed E-state index contributed by atoms with van der Waals surface area (Å²) in [7, 11) is 0. The summed E-state index contributed by atoms with van der Waals surface area (Å²) in [5.41, 5.74) is 1.79. The van der Waals surface area contributed by atoms with Gasteiger partial charge in [-0.3, -0.25) is 9.59 Å². The molecule has 0 aliphatic rings. The summed E-state index contributed by atoms with van der Waals surface area (Å²) in [5.74, 6) is -0.452. The van der Waals surface area contributed by atoms with E-state index in [1.165, 1.54) is 38.5 Å². The Morgan fingerprint density at radius 1 is 0.480 bits per heavy atom. The van der Waals surface area contributed by atoms with Gasteiger partial charge < -0.3 is 30.7 Å². The van der Waals surface area contributed by atoms with E-state index in [1.54, 1.807) is 0 Å². The van der Waals surface area contributed by atoms with Crippen molar-refractivity contribution in [3.63, 3.8) is 0 Å². The Hall–Kier alpha value is -4.08. The second-order valence-corrected chi connectivity index (χ2v) is 13.7. The fourth-order valence-corrected chi connectivity index (χ4v) is 5.51. The number of carbonyl (C=O) groups is 4. The first-order valence-corrected chi connectivity index (χ1v) is 18.7. The average molecular weight is 695 g/mol. The third-order valence-corrected chi connectivity index (χ3v) is 8.57. The maximum absolute atomic E-state index is 12.7. The summed E-state index contributed by atoms with van der Waals surface area (Å²) in [6.45, 7) is 9.16. The molecule has 0 spiro atoms. The molecule has 0 unspecified atom stereocenters. The van der Waals surface area contributed by atoms with Crippen LogP contribution >= 0.6 is 0 Å². The van der Waals surface area contributed by atoms with Gasteiger partial charge in [-0.2, -0.15) is 0 Å². The zero-order valence-electron chi connectivity index (χ0n) is 30.8. The molecule has 2 aromatic carbocycles. The van der Waals surface area contributed by atoms with Gasteiger partial charge in [-0.25, -0.2) is 9.59 Å². The highest BCUT2D eigenvalue weighted by Gasteiger charge is 2.25. The van der Waals surface area contributed by atoms with Crippen LogP contribution in [0.3, 0.4) is 0 Å². The smallest absolute Gasteiger partial charge is 0.408 e. The second-order valence-electron chi connectivity index (χ2n) is 13.7. The van der Waals surface area contributed by atoms with Gasteiger partial charge in [0.1, 0.15) is 25.3 Å². The van der Waals surface area contributed by atoms with Gasteiger partial charge in [-0.15, -0.1) is 0 Å². The molecule has 278 valence electrons. The van der Waals surface area contributed by atoms with Gasteiger partial charge in [-0.1, -0.05) is 153 Å². The topological polar surface area (TPSA) is 135 Å². The Labute approximate surface area is 300 Å². The minimum Gasteiger partial charge on any atom is -0.445 e. The predicted octanol–water partition coefficient (Wildman–Crippen LogP) is 7.80. The molecule has 0 aliphatic heterocycles. The SMILES string of the molecule is CC(C)[C@H](NC(=O)OCc1ccccc1)C(=O)NCCCCCCCCCCCCCCNC(=O)[C@@H](NC(=O)OCc1ccccc1)C(C)C. The quantitative estimate of drug-likeness (QED) is 0.0784. The first-order chi connectivity index (χ1) is 24.2. The van der Waals surface area contributed by atoms with E-state index in [4.69, 9.17) is 9.47 Å². The number of hydrogen-bond donors (Lipinski definition) is 4.